The van der Waals surface area contributed by atoms with Gasteiger partial charge in [0.2, 0.25) is 10.0 Å². The molecule has 0 unspecified atom stereocenters. The number of aryl methyl sites for hydroxylation is 1. The SMILES string of the molecule is CC[C@H](C)CN(C[C@@H](O)[C@H](Cc1ccccc1)NC(=O)[C@@H]1CN(c2cccc(C)c2)C(=O)O1)S(=O)(=O)c1ccc2ncsc2c1. The first-order valence-corrected chi connectivity index (χ1v) is 17.3. The topological polar surface area (TPSA) is 129 Å². The fourth-order valence-electron chi connectivity index (χ4n) is 5.26. The van der Waals surface area contributed by atoms with Crippen LogP contribution >= 0.6 is 11.3 Å². The molecule has 2 N–H and O–H groups in total. The maximum absolute atomic E-state index is 14.0. The van der Waals surface area contributed by atoms with Crippen molar-refractivity contribution in [2.75, 3.05) is 24.5 Å². The highest BCUT2D eigenvalue weighted by atomic mass is 32.2. The molecule has 4 aromatic rings. The fourth-order valence-corrected chi connectivity index (χ4v) is 7.66. The lowest BCUT2D eigenvalue weighted by atomic mass is 10.0. The van der Waals surface area contributed by atoms with Crippen molar-refractivity contribution in [3.05, 3.63) is 89.4 Å². The largest absolute Gasteiger partial charge is 0.434 e. The monoisotopic (exact) mass is 650 g/mol. The summed E-state index contributed by atoms with van der Waals surface area (Å²) in [6.07, 6.45) is -2.03. The van der Waals surface area contributed by atoms with Gasteiger partial charge in [-0.1, -0.05) is 62.7 Å². The molecule has 10 nitrogen and oxygen atoms in total. The number of aliphatic hydroxyl groups excluding tert-OH is 1. The van der Waals surface area contributed by atoms with E-state index in [2.05, 4.69) is 10.3 Å². The number of ether oxygens (including phenoxy) is 1. The standard InChI is InChI=1S/C33H38N4O6S2/c1-4-22(2)18-36(45(41,42)26-13-14-27-31(17-26)44-21-34-27)19-29(38)28(16-24-10-6-5-7-11-24)35-32(39)30-20-37(33(40)43-30)25-12-8-9-23(3)15-25/h5-15,17,21-22,28-30,38H,4,16,18-20H2,1-3H3,(H,35,39)/t22-,28-,29+,30-/m0/s1. The molecule has 3 aromatic carbocycles. The third-order valence-electron chi connectivity index (χ3n) is 8.05. The average Bonchev–Trinajstić information content (AvgIpc) is 3.67. The Hall–Kier alpha value is -3.84. The zero-order chi connectivity index (χ0) is 32.1. The van der Waals surface area contributed by atoms with Crippen LogP contribution in [0.5, 0.6) is 0 Å². The molecule has 5 rings (SSSR count). The maximum atomic E-state index is 14.0. The van der Waals surface area contributed by atoms with Crippen LogP contribution in [0.1, 0.15) is 31.4 Å². The fraction of sp³-hybridized carbons (Fsp3) is 0.364. The van der Waals surface area contributed by atoms with Crippen molar-refractivity contribution in [1.82, 2.24) is 14.6 Å². The van der Waals surface area contributed by atoms with E-state index in [1.165, 1.54) is 26.6 Å². The normalized spacial score (nSPS) is 17.3. The molecule has 1 aliphatic rings. The van der Waals surface area contributed by atoms with Crippen LogP contribution in [-0.2, 0) is 26.0 Å². The summed E-state index contributed by atoms with van der Waals surface area (Å²) < 4.78 is 35.4. The van der Waals surface area contributed by atoms with Crippen molar-refractivity contribution in [2.45, 2.75) is 56.8 Å². The number of nitrogens with one attached hydrogen (secondary N) is 1. The van der Waals surface area contributed by atoms with Crippen molar-refractivity contribution in [2.24, 2.45) is 5.92 Å². The molecule has 0 radical (unpaired) electrons. The van der Waals surface area contributed by atoms with E-state index in [1.54, 1.807) is 23.7 Å². The van der Waals surface area contributed by atoms with Crippen molar-refractivity contribution < 1.29 is 27.9 Å². The molecule has 12 heteroatoms. The first kappa shape index (κ1) is 32.6. The Kier molecular flexibility index (Phi) is 10.2. The van der Waals surface area contributed by atoms with Crippen molar-refractivity contribution >= 4 is 49.3 Å². The van der Waals surface area contributed by atoms with Gasteiger partial charge in [0.15, 0.2) is 6.10 Å². The van der Waals surface area contributed by atoms with E-state index in [1.807, 2.05) is 69.3 Å². The van der Waals surface area contributed by atoms with Crippen LogP contribution in [0.4, 0.5) is 10.5 Å². The number of amides is 2. The third kappa shape index (κ3) is 7.70. The average molecular weight is 651 g/mol. The molecule has 1 aliphatic heterocycles. The van der Waals surface area contributed by atoms with Gasteiger partial charge in [-0.05, 0) is 60.7 Å². The molecule has 2 amide bonds. The van der Waals surface area contributed by atoms with Crippen molar-refractivity contribution in [1.29, 1.82) is 0 Å². The molecular formula is C33H38N4O6S2. The van der Waals surface area contributed by atoms with Crippen LogP contribution in [0.2, 0.25) is 0 Å². The number of hydrogen-bond acceptors (Lipinski definition) is 8. The highest BCUT2D eigenvalue weighted by Crippen LogP contribution is 2.26. The van der Waals surface area contributed by atoms with E-state index in [-0.39, 0.29) is 36.9 Å². The van der Waals surface area contributed by atoms with Crippen molar-refractivity contribution in [3.63, 3.8) is 0 Å². The van der Waals surface area contributed by atoms with Crippen molar-refractivity contribution in [3.8, 4) is 0 Å². The van der Waals surface area contributed by atoms with Gasteiger partial charge >= 0.3 is 6.09 Å². The van der Waals surface area contributed by atoms with Gasteiger partial charge in [0, 0.05) is 18.8 Å². The molecule has 0 aliphatic carbocycles. The van der Waals surface area contributed by atoms with E-state index < -0.39 is 40.3 Å². The Bertz CT molecular complexity index is 1750. The molecule has 238 valence electrons. The number of nitrogens with zero attached hydrogens (tertiary/aromatic N) is 3. The van der Waals surface area contributed by atoms with Gasteiger partial charge in [0.25, 0.3) is 5.91 Å². The lowest BCUT2D eigenvalue weighted by Gasteiger charge is -2.31. The quantitative estimate of drug-likeness (QED) is 0.214. The van der Waals surface area contributed by atoms with E-state index in [4.69, 9.17) is 4.74 Å². The van der Waals surface area contributed by atoms with Gasteiger partial charge in [-0.15, -0.1) is 11.3 Å². The summed E-state index contributed by atoms with van der Waals surface area (Å²) in [5.41, 5.74) is 4.81. The number of thiazole rings is 1. The Balaban J connectivity index is 1.38. The lowest BCUT2D eigenvalue weighted by Crippen LogP contribution is -2.53. The number of benzene rings is 3. The summed E-state index contributed by atoms with van der Waals surface area (Å²) in [6.45, 7) is 5.80. The molecule has 0 bridgehead atoms. The van der Waals surface area contributed by atoms with E-state index in [9.17, 15) is 23.1 Å². The van der Waals surface area contributed by atoms with Gasteiger partial charge in [-0.2, -0.15) is 4.31 Å². The van der Waals surface area contributed by atoms with E-state index >= 15 is 0 Å². The summed E-state index contributed by atoms with van der Waals surface area (Å²) in [4.78, 5) is 32.0. The molecule has 45 heavy (non-hydrogen) atoms. The van der Waals surface area contributed by atoms with Crippen LogP contribution in [0.15, 0.2) is 83.2 Å². The second-order valence-corrected chi connectivity index (χ2v) is 14.3. The number of fused-ring (bicyclic) bond motifs is 1. The van der Waals surface area contributed by atoms with Gasteiger partial charge in [-0.3, -0.25) is 9.69 Å². The second kappa shape index (κ2) is 14.1. The molecule has 1 saturated heterocycles. The Morgan fingerprint density at radius 1 is 1.13 bits per heavy atom. The molecular weight excluding hydrogens is 613 g/mol. The molecule has 0 spiro atoms. The second-order valence-electron chi connectivity index (χ2n) is 11.5. The number of cyclic esters (lactones) is 1. The first-order chi connectivity index (χ1) is 21.5. The highest BCUT2D eigenvalue weighted by molar-refractivity contribution is 7.89. The first-order valence-electron chi connectivity index (χ1n) is 15.0. The van der Waals surface area contributed by atoms with E-state index in [0.717, 1.165) is 22.2 Å². The number of carbonyl (C=O) groups is 2. The van der Waals surface area contributed by atoms with Gasteiger partial charge < -0.3 is 15.2 Å². The molecule has 1 fully saturated rings. The van der Waals surface area contributed by atoms with Gasteiger partial charge in [-0.25, -0.2) is 18.2 Å². The minimum absolute atomic E-state index is 0.0108. The molecule has 4 atom stereocenters. The number of aromatic nitrogens is 1. The van der Waals surface area contributed by atoms with Gasteiger partial charge in [0.1, 0.15) is 0 Å². The van der Waals surface area contributed by atoms with E-state index in [0.29, 0.717) is 11.2 Å². The van der Waals surface area contributed by atoms with Crippen LogP contribution in [0.3, 0.4) is 0 Å². The molecule has 0 saturated carbocycles. The van der Waals surface area contributed by atoms with Crippen LogP contribution in [-0.4, -0.2) is 72.7 Å². The number of sulfonamides is 1. The van der Waals surface area contributed by atoms with Gasteiger partial charge in [0.05, 0.1) is 39.3 Å². The van der Waals surface area contributed by atoms with Crippen LogP contribution in [0, 0.1) is 12.8 Å². The smallest absolute Gasteiger partial charge is 0.415 e. The Morgan fingerprint density at radius 2 is 1.91 bits per heavy atom. The minimum Gasteiger partial charge on any atom is -0.434 e. The number of carbonyl (C=O) groups excluding carboxylic acids is 2. The summed E-state index contributed by atoms with van der Waals surface area (Å²) in [5, 5.41) is 14.5. The predicted octanol–water partition coefficient (Wildman–Crippen LogP) is 4.76. The molecule has 1 aromatic heterocycles. The zero-order valence-corrected chi connectivity index (χ0v) is 27.1. The third-order valence-corrected chi connectivity index (χ3v) is 10.7. The van der Waals surface area contributed by atoms with Crippen LogP contribution < -0.4 is 10.2 Å². The zero-order valence-electron chi connectivity index (χ0n) is 25.5. The number of hydrogen-bond donors (Lipinski definition) is 2. The Labute approximate surface area is 267 Å². The number of aliphatic hydroxyl groups is 1. The number of anilines is 1. The summed E-state index contributed by atoms with van der Waals surface area (Å²) in [6, 6.07) is 20.6. The predicted molar refractivity (Wildman–Crippen MR) is 175 cm³/mol. The number of rotatable bonds is 13. The van der Waals surface area contributed by atoms with Crippen LogP contribution in [0.25, 0.3) is 10.2 Å². The highest BCUT2D eigenvalue weighted by Gasteiger charge is 2.39. The lowest BCUT2D eigenvalue weighted by molar-refractivity contribution is -0.129. The minimum atomic E-state index is -4.01. The maximum Gasteiger partial charge on any atom is 0.415 e. The summed E-state index contributed by atoms with van der Waals surface area (Å²) in [5.74, 6) is -0.544. The summed E-state index contributed by atoms with van der Waals surface area (Å²) >= 11 is 1.36. The summed E-state index contributed by atoms with van der Waals surface area (Å²) in [7, 11) is -4.01. The molecule has 2 heterocycles. The Morgan fingerprint density at radius 3 is 2.64 bits per heavy atom.